The Hall–Kier alpha value is -2.39. The van der Waals surface area contributed by atoms with E-state index in [-0.39, 0.29) is 0 Å². The minimum atomic E-state index is -1.74. The topological polar surface area (TPSA) is 46.5 Å². The molecule has 2 aromatic rings. The van der Waals surface area contributed by atoms with Crippen LogP contribution in [0.5, 0.6) is 0 Å². The Morgan fingerprint density at radius 2 is 1.53 bits per heavy atom. The van der Waals surface area contributed by atoms with E-state index in [1.54, 1.807) is 24.3 Å². The molecule has 0 unspecified atom stereocenters. The van der Waals surface area contributed by atoms with Gasteiger partial charge in [-0.1, -0.05) is 55.1 Å². The monoisotopic (exact) mass is 252 g/mol. The Balaban J connectivity index is 2.25. The lowest BCUT2D eigenvalue weighted by Crippen LogP contribution is -2.30. The summed E-state index contributed by atoms with van der Waals surface area (Å²) < 4.78 is 5.20. The molecule has 0 fully saturated rings. The number of benzene rings is 2. The van der Waals surface area contributed by atoms with E-state index in [9.17, 15) is 9.90 Å². The van der Waals surface area contributed by atoms with Crippen molar-refractivity contribution in [2.45, 2.75) is 5.79 Å². The number of aliphatic hydroxyl groups is 1. The molecule has 1 N–H and O–H groups in total. The second-order valence-corrected chi connectivity index (χ2v) is 4.36. The highest BCUT2D eigenvalue weighted by Crippen LogP contribution is 2.47. The van der Waals surface area contributed by atoms with E-state index in [0.717, 1.165) is 17.2 Å². The third kappa shape index (κ3) is 1.59. The van der Waals surface area contributed by atoms with E-state index >= 15 is 0 Å². The minimum absolute atomic E-state index is 0.575. The van der Waals surface area contributed by atoms with Gasteiger partial charge in [-0.15, -0.1) is 0 Å². The van der Waals surface area contributed by atoms with Crippen LogP contribution in [-0.4, -0.2) is 11.1 Å². The van der Waals surface area contributed by atoms with Gasteiger partial charge in [0, 0.05) is 17.2 Å². The summed E-state index contributed by atoms with van der Waals surface area (Å²) >= 11 is 0. The molecule has 0 atom stereocenters. The van der Waals surface area contributed by atoms with Crippen LogP contribution < -0.4 is 0 Å². The first-order valence-corrected chi connectivity index (χ1v) is 5.94. The fourth-order valence-corrected chi connectivity index (χ4v) is 2.47. The lowest BCUT2D eigenvalue weighted by atomic mass is 10.0. The molecule has 0 bridgehead atoms. The van der Waals surface area contributed by atoms with Crippen molar-refractivity contribution in [1.82, 2.24) is 0 Å². The molecular formula is C16H12O3. The quantitative estimate of drug-likeness (QED) is 0.507. The molecule has 2 aromatic carbocycles. The minimum Gasteiger partial charge on any atom is -0.421 e. The third-order valence-electron chi connectivity index (χ3n) is 3.29. The van der Waals surface area contributed by atoms with Crippen molar-refractivity contribution in [3.05, 3.63) is 72.3 Å². The van der Waals surface area contributed by atoms with E-state index in [1.165, 1.54) is 0 Å². The second-order valence-electron chi connectivity index (χ2n) is 4.36. The highest BCUT2D eigenvalue weighted by atomic mass is 16.7. The molecule has 94 valence electrons. The SMILES string of the molecule is C=CC(=O)OC1(O)c2ccccc2-c2ccccc21. The maximum absolute atomic E-state index is 11.5. The van der Waals surface area contributed by atoms with Gasteiger partial charge in [0.15, 0.2) is 0 Å². The van der Waals surface area contributed by atoms with Gasteiger partial charge in [-0.2, -0.15) is 0 Å². The lowest BCUT2D eigenvalue weighted by Gasteiger charge is -2.24. The zero-order valence-electron chi connectivity index (χ0n) is 10.2. The van der Waals surface area contributed by atoms with Crippen LogP contribution in [-0.2, 0) is 15.3 Å². The molecular weight excluding hydrogens is 240 g/mol. The van der Waals surface area contributed by atoms with Crippen LogP contribution in [0.3, 0.4) is 0 Å². The maximum Gasteiger partial charge on any atom is 0.333 e. The number of hydrogen-bond acceptors (Lipinski definition) is 3. The molecule has 0 radical (unpaired) electrons. The average molecular weight is 252 g/mol. The number of hydrogen-bond donors (Lipinski definition) is 1. The van der Waals surface area contributed by atoms with E-state index in [4.69, 9.17) is 4.74 Å². The van der Waals surface area contributed by atoms with Crippen molar-refractivity contribution in [1.29, 1.82) is 0 Å². The highest BCUT2D eigenvalue weighted by Gasteiger charge is 2.44. The molecule has 1 aliphatic rings. The molecule has 0 amide bonds. The summed E-state index contributed by atoms with van der Waals surface area (Å²) in [7, 11) is 0. The first kappa shape index (κ1) is 11.7. The van der Waals surface area contributed by atoms with Crippen LogP contribution in [0.25, 0.3) is 11.1 Å². The number of carbonyl (C=O) groups excluding carboxylic acids is 1. The van der Waals surface area contributed by atoms with Crippen molar-refractivity contribution in [2.24, 2.45) is 0 Å². The van der Waals surface area contributed by atoms with Gasteiger partial charge < -0.3 is 9.84 Å². The van der Waals surface area contributed by atoms with E-state index in [0.29, 0.717) is 11.1 Å². The summed E-state index contributed by atoms with van der Waals surface area (Å²) in [6, 6.07) is 14.7. The normalized spacial score (nSPS) is 14.4. The lowest BCUT2D eigenvalue weighted by molar-refractivity contribution is -0.190. The van der Waals surface area contributed by atoms with E-state index in [1.807, 2.05) is 24.3 Å². The average Bonchev–Trinajstić information content (AvgIpc) is 2.70. The Kier molecular flexibility index (Phi) is 2.50. The van der Waals surface area contributed by atoms with Crippen LogP contribution in [0.2, 0.25) is 0 Å². The van der Waals surface area contributed by atoms with Gasteiger partial charge in [0.1, 0.15) is 0 Å². The number of ether oxygens (including phenoxy) is 1. The van der Waals surface area contributed by atoms with Crippen molar-refractivity contribution in [2.75, 3.05) is 0 Å². The summed E-state index contributed by atoms with van der Waals surface area (Å²) in [6.45, 7) is 3.36. The maximum atomic E-state index is 11.5. The van der Waals surface area contributed by atoms with Crippen LogP contribution >= 0.6 is 0 Å². The van der Waals surface area contributed by atoms with Gasteiger partial charge in [0.2, 0.25) is 0 Å². The molecule has 3 rings (SSSR count). The zero-order chi connectivity index (χ0) is 13.5. The Bertz CT molecular complexity index is 628. The summed E-state index contributed by atoms with van der Waals surface area (Å²) in [5, 5.41) is 10.8. The molecule has 0 heterocycles. The number of fused-ring (bicyclic) bond motifs is 3. The van der Waals surface area contributed by atoms with Crippen LogP contribution in [0, 0.1) is 0 Å². The summed E-state index contributed by atoms with van der Waals surface area (Å²) in [6.07, 6.45) is 1.04. The second kappa shape index (κ2) is 4.07. The number of esters is 1. The molecule has 0 saturated carbocycles. The van der Waals surface area contributed by atoms with E-state index < -0.39 is 11.8 Å². The fraction of sp³-hybridized carbons (Fsp3) is 0.0625. The first-order chi connectivity index (χ1) is 9.16. The van der Waals surface area contributed by atoms with Gasteiger partial charge in [-0.3, -0.25) is 0 Å². The first-order valence-electron chi connectivity index (χ1n) is 5.94. The predicted octanol–water partition coefficient (Wildman–Crippen LogP) is 2.59. The molecule has 3 heteroatoms. The Morgan fingerprint density at radius 3 is 2.00 bits per heavy atom. The van der Waals surface area contributed by atoms with Gasteiger partial charge in [-0.05, 0) is 11.1 Å². The highest BCUT2D eigenvalue weighted by molar-refractivity contribution is 5.85. The smallest absolute Gasteiger partial charge is 0.333 e. The Morgan fingerprint density at radius 1 is 1.05 bits per heavy atom. The summed E-state index contributed by atoms with van der Waals surface area (Å²) in [5.41, 5.74) is 2.90. The Labute approximate surface area is 110 Å². The van der Waals surface area contributed by atoms with Crippen LogP contribution in [0.4, 0.5) is 0 Å². The number of carbonyl (C=O) groups is 1. The van der Waals surface area contributed by atoms with Gasteiger partial charge in [0.05, 0.1) is 0 Å². The van der Waals surface area contributed by atoms with Gasteiger partial charge >= 0.3 is 5.97 Å². The molecule has 1 aliphatic carbocycles. The molecule has 0 spiro atoms. The van der Waals surface area contributed by atoms with E-state index in [2.05, 4.69) is 6.58 Å². The van der Waals surface area contributed by atoms with Crippen LogP contribution in [0.1, 0.15) is 11.1 Å². The number of rotatable bonds is 2. The largest absolute Gasteiger partial charge is 0.421 e. The molecule has 19 heavy (non-hydrogen) atoms. The molecule has 0 aromatic heterocycles. The molecule has 0 saturated heterocycles. The van der Waals surface area contributed by atoms with Crippen molar-refractivity contribution in [3.63, 3.8) is 0 Å². The van der Waals surface area contributed by atoms with Crippen molar-refractivity contribution in [3.8, 4) is 11.1 Å². The van der Waals surface area contributed by atoms with Crippen molar-refractivity contribution < 1.29 is 14.6 Å². The molecule has 0 aliphatic heterocycles. The van der Waals surface area contributed by atoms with Crippen molar-refractivity contribution >= 4 is 5.97 Å². The summed E-state index contributed by atoms with van der Waals surface area (Å²) in [5.74, 6) is -2.40. The summed E-state index contributed by atoms with van der Waals surface area (Å²) in [4.78, 5) is 11.5. The standard InChI is InChI=1S/C16H12O3/c1-2-15(17)19-16(18)13-9-5-3-7-11(13)12-8-4-6-10-14(12)16/h2-10,18H,1H2. The van der Waals surface area contributed by atoms with Gasteiger partial charge in [-0.25, -0.2) is 4.79 Å². The third-order valence-corrected chi connectivity index (χ3v) is 3.29. The fourth-order valence-electron chi connectivity index (χ4n) is 2.47. The zero-order valence-corrected chi connectivity index (χ0v) is 10.2. The molecule has 3 nitrogen and oxygen atoms in total. The van der Waals surface area contributed by atoms with Gasteiger partial charge in [0.25, 0.3) is 5.79 Å². The predicted molar refractivity (Wildman–Crippen MR) is 71.2 cm³/mol. The van der Waals surface area contributed by atoms with Crippen LogP contribution in [0.15, 0.2) is 61.2 Å².